The van der Waals surface area contributed by atoms with Crippen LogP contribution in [0.5, 0.6) is 0 Å². The van der Waals surface area contributed by atoms with E-state index in [-0.39, 0.29) is 32.5 Å². The predicted molar refractivity (Wildman–Crippen MR) is 301 cm³/mol. The van der Waals surface area contributed by atoms with Gasteiger partial charge in [-0.3, -0.25) is 0 Å². The van der Waals surface area contributed by atoms with E-state index < -0.39 is 0 Å². The molecule has 0 bridgehead atoms. The highest BCUT2D eigenvalue weighted by molar-refractivity contribution is 7.48. The van der Waals surface area contributed by atoms with Gasteiger partial charge in [0, 0.05) is 10.6 Å². The summed E-state index contributed by atoms with van der Waals surface area (Å²) in [5.74, 6) is 4.81. The van der Waals surface area contributed by atoms with Gasteiger partial charge >= 0.3 is 0 Å². The van der Waals surface area contributed by atoms with E-state index in [1.54, 1.807) is 0 Å². The summed E-state index contributed by atoms with van der Waals surface area (Å²) in [6.45, 7) is 42.3. The van der Waals surface area contributed by atoms with Crippen LogP contribution in [0.15, 0.2) is 121 Å². The van der Waals surface area contributed by atoms with Crippen LogP contribution in [0.25, 0.3) is 43.8 Å². The first-order valence-corrected chi connectivity index (χ1v) is 26.1. The first-order valence-electron chi connectivity index (χ1n) is 24.1. The van der Waals surface area contributed by atoms with Crippen molar-refractivity contribution in [2.45, 2.75) is 157 Å². The van der Waals surface area contributed by atoms with E-state index in [1.165, 1.54) is 115 Å². The molecular formula is C64H76P2. The van der Waals surface area contributed by atoms with Crippen LogP contribution in [0, 0.1) is 0 Å². The molecule has 66 heavy (non-hydrogen) atoms. The molecule has 2 heteroatoms. The smallest absolute Gasteiger partial charge is 0.00929 e. The molecule has 0 spiro atoms. The number of fused-ring (bicyclic) bond motifs is 2. The lowest BCUT2D eigenvalue weighted by atomic mass is 9.75. The largest absolute Gasteiger partial charge is 0.0672 e. The Morgan fingerprint density at radius 1 is 0.318 bits per heavy atom. The molecule has 0 atom stereocenters. The van der Waals surface area contributed by atoms with Crippen molar-refractivity contribution in [3.05, 3.63) is 166 Å². The van der Waals surface area contributed by atoms with Crippen molar-refractivity contribution >= 4 is 60.2 Å². The van der Waals surface area contributed by atoms with Gasteiger partial charge in [0.15, 0.2) is 0 Å². The normalized spacial score (nSPS) is 13.5. The molecule has 0 saturated heterocycles. The van der Waals surface area contributed by atoms with Crippen LogP contribution in [0.3, 0.4) is 0 Å². The molecule has 0 N–H and O–H groups in total. The van der Waals surface area contributed by atoms with Crippen molar-refractivity contribution in [3.8, 4) is 22.3 Å². The van der Waals surface area contributed by atoms with E-state index in [4.69, 9.17) is 0 Å². The Bertz CT molecular complexity index is 2690. The van der Waals surface area contributed by atoms with Gasteiger partial charge in [0.25, 0.3) is 0 Å². The average molecular weight is 907 g/mol. The van der Waals surface area contributed by atoms with Crippen LogP contribution in [0.4, 0.5) is 0 Å². The van der Waals surface area contributed by atoms with Crippen LogP contribution >= 0.6 is 16.4 Å². The topological polar surface area (TPSA) is 0 Å². The molecule has 0 heterocycles. The highest BCUT2D eigenvalue weighted by atomic mass is 31.1. The SMILES string of the molecule is CC(C)(C)c1cc(C(C)(C)C)c(P=Cc2ccc(-c3cccc4cc5cccc(-c6ccc(C=Pc7c(C(C)(C)C)cc(C(C)(C)C)cc7C(C)(C)C)cc6)c5cc34)cc2)c(C(C)(C)C)c1. The zero-order chi connectivity index (χ0) is 48.4. The van der Waals surface area contributed by atoms with E-state index in [0.29, 0.717) is 0 Å². The Morgan fingerprint density at radius 3 is 0.894 bits per heavy atom. The van der Waals surface area contributed by atoms with Crippen LogP contribution in [-0.2, 0) is 32.5 Å². The Labute approximate surface area is 403 Å². The molecule has 7 aromatic carbocycles. The van der Waals surface area contributed by atoms with Crippen LogP contribution in [0.1, 0.15) is 169 Å². The van der Waals surface area contributed by atoms with Crippen molar-refractivity contribution in [1.82, 2.24) is 0 Å². The third-order valence-electron chi connectivity index (χ3n) is 13.2. The first-order chi connectivity index (χ1) is 30.5. The molecule has 0 amide bonds. The molecular weight excluding hydrogens is 831 g/mol. The lowest BCUT2D eigenvalue weighted by molar-refractivity contribution is 0.553. The summed E-state index contributed by atoms with van der Waals surface area (Å²) in [5, 5.41) is 7.98. The van der Waals surface area contributed by atoms with E-state index in [1.807, 2.05) is 0 Å². The maximum Gasteiger partial charge on any atom is 0.00929 e. The Kier molecular flexibility index (Phi) is 13.3. The highest BCUT2D eigenvalue weighted by Gasteiger charge is 2.30. The molecule has 342 valence electrons. The Hall–Kier alpha value is -4.60. The Morgan fingerprint density at radius 2 is 0.621 bits per heavy atom. The summed E-state index contributed by atoms with van der Waals surface area (Å²) >= 11 is 0. The van der Waals surface area contributed by atoms with Crippen LogP contribution in [-0.4, -0.2) is 11.6 Å². The zero-order valence-electron chi connectivity index (χ0n) is 43.6. The average Bonchev–Trinajstić information content (AvgIpc) is 3.21. The number of hydrogen-bond acceptors (Lipinski definition) is 0. The summed E-state index contributed by atoms with van der Waals surface area (Å²) in [6, 6.07) is 46.7. The zero-order valence-corrected chi connectivity index (χ0v) is 45.4. The Balaban J connectivity index is 1.22. The summed E-state index contributed by atoms with van der Waals surface area (Å²) < 4.78 is 0. The molecule has 0 radical (unpaired) electrons. The van der Waals surface area contributed by atoms with Gasteiger partial charge < -0.3 is 0 Å². The summed E-state index contributed by atoms with van der Waals surface area (Å²) in [6.07, 6.45) is 0. The summed E-state index contributed by atoms with van der Waals surface area (Å²) in [5.41, 5.74) is 16.5. The second kappa shape index (κ2) is 17.8. The van der Waals surface area contributed by atoms with E-state index in [9.17, 15) is 0 Å². The minimum Gasteiger partial charge on any atom is -0.0672 e. The second-order valence-corrected chi connectivity index (χ2v) is 26.9. The van der Waals surface area contributed by atoms with Crippen molar-refractivity contribution < 1.29 is 0 Å². The van der Waals surface area contributed by atoms with Gasteiger partial charge in [-0.2, -0.15) is 0 Å². The first kappa shape index (κ1) is 49.3. The van der Waals surface area contributed by atoms with Crippen LogP contribution < -0.4 is 10.6 Å². The maximum absolute atomic E-state index is 2.48. The summed E-state index contributed by atoms with van der Waals surface area (Å²) in [4.78, 5) is 0. The molecule has 7 rings (SSSR count). The van der Waals surface area contributed by atoms with Crippen molar-refractivity contribution in [3.63, 3.8) is 0 Å². The number of rotatable bonds is 6. The van der Waals surface area contributed by atoms with Gasteiger partial charge in [-0.15, -0.1) is 0 Å². The van der Waals surface area contributed by atoms with Gasteiger partial charge in [-0.25, -0.2) is 0 Å². The van der Waals surface area contributed by atoms with Crippen LogP contribution in [0.2, 0.25) is 0 Å². The van der Waals surface area contributed by atoms with Gasteiger partial charge in [-0.05, 0) is 145 Å². The minimum absolute atomic E-state index is 0.0364. The maximum atomic E-state index is 2.48. The molecule has 0 aliphatic rings. The monoisotopic (exact) mass is 907 g/mol. The van der Waals surface area contributed by atoms with E-state index in [0.717, 1.165) is 0 Å². The fraction of sp³-hybridized carbons (Fsp3) is 0.375. The van der Waals surface area contributed by atoms with E-state index >= 15 is 0 Å². The molecule has 0 aliphatic carbocycles. The predicted octanol–water partition coefficient (Wildman–Crippen LogP) is 18.0. The van der Waals surface area contributed by atoms with E-state index in [2.05, 4.69) is 258 Å². The third kappa shape index (κ3) is 10.7. The molecule has 7 aromatic rings. The van der Waals surface area contributed by atoms with Gasteiger partial charge in [0.1, 0.15) is 0 Å². The summed E-state index contributed by atoms with van der Waals surface area (Å²) in [7, 11) is 2.47. The van der Waals surface area contributed by atoms with Gasteiger partial charge in [-0.1, -0.05) is 250 Å². The molecule has 0 aliphatic heterocycles. The lowest BCUT2D eigenvalue weighted by Gasteiger charge is -2.32. The molecule has 0 unspecified atom stereocenters. The standard InChI is InChI=1S/C64H76P2/c1-59(2,3)47-34-53(61(7,8)9)57(54(35-47)62(10,11)12)65-39-41-25-29-43(30-26-41)49-23-19-21-45-33-46-22-20-24-50(52(46)38-51(45)49)44-31-27-42(28-32-44)40-66-58-55(63(13,14)15)36-48(60(4,5)6)37-56(58)64(16,17)18/h19-40H,1-18H3. The minimum atomic E-state index is 0.0364. The van der Waals surface area contributed by atoms with Crippen molar-refractivity contribution in [2.75, 3.05) is 0 Å². The fourth-order valence-corrected chi connectivity index (χ4v) is 12.1. The molecule has 0 aromatic heterocycles. The third-order valence-corrected chi connectivity index (χ3v) is 15.5. The molecule has 0 saturated carbocycles. The lowest BCUT2D eigenvalue weighted by Crippen LogP contribution is -2.29. The fourth-order valence-electron chi connectivity index (χ4n) is 9.03. The molecule has 0 fully saturated rings. The van der Waals surface area contributed by atoms with Crippen molar-refractivity contribution in [1.29, 1.82) is 0 Å². The molecule has 0 nitrogen and oxygen atoms in total. The van der Waals surface area contributed by atoms with Crippen molar-refractivity contribution in [2.24, 2.45) is 0 Å². The second-order valence-electron chi connectivity index (χ2n) is 25.0. The highest BCUT2D eigenvalue weighted by Crippen LogP contribution is 2.39. The van der Waals surface area contributed by atoms with Gasteiger partial charge in [0.05, 0.1) is 0 Å². The van der Waals surface area contributed by atoms with Gasteiger partial charge in [0.2, 0.25) is 0 Å². The number of hydrogen-bond donors (Lipinski definition) is 0. The number of benzene rings is 7. The quantitative estimate of drug-likeness (QED) is 0.115.